The molecule has 2 N–H and O–H groups in total. The summed E-state index contributed by atoms with van der Waals surface area (Å²) >= 11 is 0. The molecule has 2 aliphatic rings. The van der Waals surface area contributed by atoms with E-state index in [1.54, 1.807) is 4.90 Å². The van der Waals surface area contributed by atoms with Crippen LogP contribution in [0.5, 0.6) is 0 Å². The van der Waals surface area contributed by atoms with E-state index in [9.17, 15) is 9.59 Å². The van der Waals surface area contributed by atoms with Crippen molar-refractivity contribution in [2.75, 3.05) is 13.1 Å². The molecule has 2 amide bonds. The Bertz CT molecular complexity index is 313. The second kappa shape index (κ2) is 4.94. The van der Waals surface area contributed by atoms with E-state index in [0.29, 0.717) is 19.1 Å². The van der Waals surface area contributed by atoms with Crippen molar-refractivity contribution in [3.8, 4) is 0 Å². The van der Waals surface area contributed by atoms with Gasteiger partial charge in [-0.1, -0.05) is 19.8 Å². The summed E-state index contributed by atoms with van der Waals surface area (Å²) < 4.78 is 0. The lowest BCUT2D eigenvalue weighted by Gasteiger charge is -2.20. The summed E-state index contributed by atoms with van der Waals surface area (Å²) in [6.45, 7) is 2.78. The Morgan fingerprint density at radius 1 is 1.24 bits per heavy atom. The number of carbonyl (C=O) groups excluding carboxylic acids is 1. The smallest absolute Gasteiger partial charge is 0.317 e. The molecular formula is C12H20N2O3. The number of rotatable bonds is 2. The molecule has 2 fully saturated rings. The fourth-order valence-electron chi connectivity index (χ4n) is 2.79. The van der Waals surface area contributed by atoms with E-state index >= 15 is 0 Å². The molecule has 17 heavy (non-hydrogen) atoms. The van der Waals surface area contributed by atoms with Crippen molar-refractivity contribution in [1.82, 2.24) is 10.2 Å². The van der Waals surface area contributed by atoms with Crippen molar-refractivity contribution >= 4 is 12.0 Å². The number of nitrogens with one attached hydrogen (secondary N) is 1. The molecule has 1 aliphatic carbocycles. The van der Waals surface area contributed by atoms with Crippen LogP contribution in [0.4, 0.5) is 4.79 Å². The number of nitrogens with zero attached hydrogens (tertiary/aromatic N) is 1. The van der Waals surface area contributed by atoms with Gasteiger partial charge >= 0.3 is 12.0 Å². The Morgan fingerprint density at radius 3 is 2.41 bits per heavy atom. The lowest BCUT2D eigenvalue weighted by atomic mass is 9.99. The van der Waals surface area contributed by atoms with Gasteiger partial charge in [-0.05, 0) is 18.8 Å². The maximum absolute atomic E-state index is 11.9. The van der Waals surface area contributed by atoms with Crippen LogP contribution in [0.15, 0.2) is 0 Å². The minimum absolute atomic E-state index is 0.0434. The zero-order chi connectivity index (χ0) is 12.4. The molecule has 96 valence electrons. The zero-order valence-electron chi connectivity index (χ0n) is 10.2. The van der Waals surface area contributed by atoms with Gasteiger partial charge in [0.25, 0.3) is 0 Å². The molecule has 0 aromatic heterocycles. The first kappa shape index (κ1) is 12.2. The first-order valence-electron chi connectivity index (χ1n) is 6.36. The van der Waals surface area contributed by atoms with Crippen molar-refractivity contribution in [2.45, 2.75) is 38.6 Å². The van der Waals surface area contributed by atoms with Crippen LogP contribution >= 0.6 is 0 Å². The molecule has 1 saturated heterocycles. The van der Waals surface area contributed by atoms with E-state index < -0.39 is 11.9 Å². The second-order valence-electron chi connectivity index (χ2n) is 5.26. The minimum Gasteiger partial charge on any atom is -0.481 e. The summed E-state index contributed by atoms with van der Waals surface area (Å²) in [6.07, 6.45) is 4.47. The highest BCUT2D eigenvalue weighted by Gasteiger charge is 2.37. The highest BCUT2D eigenvalue weighted by atomic mass is 16.4. The van der Waals surface area contributed by atoms with Gasteiger partial charge in [0.15, 0.2) is 0 Å². The van der Waals surface area contributed by atoms with Crippen molar-refractivity contribution in [2.24, 2.45) is 11.8 Å². The SMILES string of the molecule is CC1CN(C(=O)NC2CCCC2)CC1C(=O)O. The van der Waals surface area contributed by atoms with Crippen molar-refractivity contribution in [3.63, 3.8) is 0 Å². The summed E-state index contributed by atoms with van der Waals surface area (Å²) in [7, 11) is 0. The minimum atomic E-state index is -0.798. The average Bonchev–Trinajstić information content (AvgIpc) is 2.86. The molecule has 2 rings (SSSR count). The van der Waals surface area contributed by atoms with Crippen LogP contribution in [0.1, 0.15) is 32.6 Å². The molecule has 5 nitrogen and oxygen atoms in total. The largest absolute Gasteiger partial charge is 0.481 e. The van der Waals surface area contributed by atoms with Crippen molar-refractivity contribution in [3.05, 3.63) is 0 Å². The van der Waals surface area contributed by atoms with Gasteiger partial charge in [0.05, 0.1) is 5.92 Å². The molecule has 5 heteroatoms. The molecule has 1 aliphatic heterocycles. The number of aliphatic carboxylic acids is 1. The van der Waals surface area contributed by atoms with E-state index in [-0.39, 0.29) is 11.9 Å². The molecule has 1 heterocycles. The van der Waals surface area contributed by atoms with Gasteiger partial charge in [0.2, 0.25) is 0 Å². The van der Waals surface area contributed by atoms with Gasteiger partial charge in [-0.3, -0.25) is 4.79 Å². The predicted molar refractivity (Wildman–Crippen MR) is 62.7 cm³/mol. The fourth-order valence-corrected chi connectivity index (χ4v) is 2.79. The van der Waals surface area contributed by atoms with Crippen LogP contribution in [-0.2, 0) is 4.79 Å². The summed E-state index contributed by atoms with van der Waals surface area (Å²) in [5, 5.41) is 12.0. The number of urea groups is 1. The molecule has 0 spiro atoms. The molecule has 0 bridgehead atoms. The van der Waals surface area contributed by atoms with E-state index in [1.807, 2.05) is 6.92 Å². The van der Waals surface area contributed by atoms with Gasteiger partial charge in [0, 0.05) is 19.1 Å². The number of hydrogen-bond donors (Lipinski definition) is 2. The van der Waals surface area contributed by atoms with Gasteiger partial charge in [0.1, 0.15) is 0 Å². The number of carboxylic acid groups (broad SMARTS) is 1. The average molecular weight is 240 g/mol. The van der Waals surface area contributed by atoms with E-state index in [1.165, 1.54) is 12.8 Å². The number of hydrogen-bond acceptors (Lipinski definition) is 2. The van der Waals surface area contributed by atoms with E-state index in [2.05, 4.69) is 5.32 Å². The molecular weight excluding hydrogens is 220 g/mol. The van der Waals surface area contributed by atoms with Crippen LogP contribution in [0.2, 0.25) is 0 Å². The lowest BCUT2D eigenvalue weighted by Crippen LogP contribution is -2.43. The topological polar surface area (TPSA) is 69.6 Å². The standard InChI is InChI=1S/C12H20N2O3/c1-8-6-14(7-10(8)11(15)16)12(17)13-9-4-2-3-5-9/h8-10H,2-7H2,1H3,(H,13,17)(H,15,16). The third kappa shape index (κ3) is 2.70. The number of likely N-dealkylation sites (tertiary alicyclic amines) is 1. The Kier molecular flexibility index (Phi) is 3.54. The Labute approximate surface area is 101 Å². The van der Waals surface area contributed by atoms with Crippen molar-refractivity contribution < 1.29 is 14.7 Å². The summed E-state index contributed by atoms with van der Waals surface area (Å²) in [5.41, 5.74) is 0. The Balaban J connectivity index is 1.86. The maximum Gasteiger partial charge on any atom is 0.317 e. The number of carboxylic acids is 1. The zero-order valence-corrected chi connectivity index (χ0v) is 10.2. The monoisotopic (exact) mass is 240 g/mol. The first-order chi connectivity index (χ1) is 8.08. The molecule has 0 radical (unpaired) electrons. The summed E-state index contributed by atoms with van der Waals surface area (Å²) in [6, 6.07) is 0.203. The summed E-state index contributed by atoms with van der Waals surface area (Å²) in [4.78, 5) is 24.5. The lowest BCUT2D eigenvalue weighted by molar-refractivity contribution is -0.142. The molecule has 2 atom stereocenters. The van der Waals surface area contributed by atoms with E-state index in [4.69, 9.17) is 5.11 Å². The third-order valence-corrected chi connectivity index (χ3v) is 3.90. The van der Waals surface area contributed by atoms with Gasteiger partial charge in [-0.15, -0.1) is 0 Å². The van der Waals surface area contributed by atoms with Crippen LogP contribution in [0.3, 0.4) is 0 Å². The highest BCUT2D eigenvalue weighted by Crippen LogP contribution is 2.24. The number of amides is 2. The number of carbonyl (C=O) groups is 2. The van der Waals surface area contributed by atoms with Gasteiger partial charge in [-0.25, -0.2) is 4.79 Å². The third-order valence-electron chi connectivity index (χ3n) is 3.90. The van der Waals surface area contributed by atoms with Crippen molar-refractivity contribution in [1.29, 1.82) is 0 Å². The van der Waals surface area contributed by atoms with E-state index in [0.717, 1.165) is 12.8 Å². The highest BCUT2D eigenvalue weighted by molar-refractivity contribution is 5.77. The van der Waals surface area contributed by atoms with Crippen LogP contribution < -0.4 is 5.32 Å². The predicted octanol–water partition coefficient (Wildman–Crippen LogP) is 1.29. The fraction of sp³-hybridized carbons (Fsp3) is 0.833. The quantitative estimate of drug-likeness (QED) is 0.764. The van der Waals surface area contributed by atoms with Crippen LogP contribution in [-0.4, -0.2) is 41.1 Å². The van der Waals surface area contributed by atoms with Gasteiger partial charge in [-0.2, -0.15) is 0 Å². The second-order valence-corrected chi connectivity index (χ2v) is 5.26. The Hall–Kier alpha value is -1.26. The Morgan fingerprint density at radius 2 is 1.88 bits per heavy atom. The molecule has 0 aromatic carbocycles. The van der Waals surface area contributed by atoms with Gasteiger partial charge < -0.3 is 15.3 Å². The first-order valence-corrected chi connectivity index (χ1v) is 6.36. The van der Waals surface area contributed by atoms with Crippen LogP contribution in [0, 0.1) is 11.8 Å². The summed E-state index contributed by atoms with van der Waals surface area (Å²) in [5.74, 6) is -1.17. The molecule has 2 unspecified atom stereocenters. The molecule has 0 aromatic rings. The molecule has 1 saturated carbocycles. The van der Waals surface area contributed by atoms with Crippen LogP contribution in [0.25, 0.3) is 0 Å². The normalized spacial score (nSPS) is 29.6. The maximum atomic E-state index is 11.9.